The minimum atomic E-state index is -4.04. The zero-order valence-corrected chi connectivity index (χ0v) is 10.2. The number of nitrogen functional groups attached to an aromatic ring is 1. The Balaban J connectivity index is 2.37. The van der Waals surface area contributed by atoms with Crippen molar-refractivity contribution in [3.8, 4) is 10.8 Å². The van der Waals surface area contributed by atoms with Crippen LogP contribution in [0.4, 0.5) is 5.69 Å². The summed E-state index contributed by atoms with van der Waals surface area (Å²) < 4.78 is 28.5. The zero-order valence-electron chi connectivity index (χ0n) is 8.53. The van der Waals surface area contributed by atoms with E-state index in [1.165, 1.54) is 23.6 Å². The van der Waals surface area contributed by atoms with Crippen LogP contribution in [0.15, 0.2) is 40.6 Å². The molecule has 0 unspecified atom stereocenters. The van der Waals surface area contributed by atoms with E-state index in [-0.39, 0.29) is 21.4 Å². The normalized spacial score (nSPS) is 11.3. The highest BCUT2D eigenvalue weighted by atomic mass is 32.2. The van der Waals surface area contributed by atoms with Gasteiger partial charge in [0.1, 0.15) is 0 Å². The van der Waals surface area contributed by atoms with Gasteiger partial charge in [-0.15, -0.1) is 11.3 Å². The Morgan fingerprint density at radius 2 is 1.94 bits per heavy atom. The first-order chi connectivity index (χ1) is 8.00. The van der Waals surface area contributed by atoms with Gasteiger partial charge in [0.15, 0.2) is 15.7 Å². The molecule has 7 heteroatoms. The van der Waals surface area contributed by atoms with Crippen LogP contribution in [0, 0.1) is 0 Å². The van der Waals surface area contributed by atoms with Crippen molar-refractivity contribution in [2.24, 2.45) is 0 Å². The predicted molar refractivity (Wildman–Crippen MR) is 64.7 cm³/mol. The highest BCUT2D eigenvalue weighted by Gasteiger charge is 2.22. The number of anilines is 1. The van der Waals surface area contributed by atoms with E-state index in [2.05, 4.69) is 0 Å². The lowest BCUT2D eigenvalue weighted by Crippen LogP contribution is -2.10. The van der Waals surface area contributed by atoms with E-state index in [9.17, 15) is 13.5 Å². The number of thiophene rings is 1. The Hall–Kier alpha value is -1.73. The highest BCUT2D eigenvalue weighted by Crippen LogP contribution is 2.32. The average Bonchev–Trinajstić information content (AvgIpc) is 2.68. The lowest BCUT2D eigenvalue weighted by Gasteiger charge is -2.07. The second kappa shape index (κ2) is 4.27. The second-order valence-electron chi connectivity index (χ2n) is 3.17. The third-order valence-corrected chi connectivity index (χ3v) is 4.11. The lowest BCUT2D eigenvalue weighted by atomic mass is 10.3. The van der Waals surface area contributed by atoms with Gasteiger partial charge in [-0.2, -0.15) is 8.42 Å². The summed E-state index contributed by atoms with van der Waals surface area (Å²) >= 11 is 0.911. The van der Waals surface area contributed by atoms with Crippen LogP contribution in [-0.2, 0) is 10.1 Å². The number of hydrogen-bond donors (Lipinski definition) is 2. The van der Waals surface area contributed by atoms with Gasteiger partial charge >= 0.3 is 10.1 Å². The molecule has 0 amide bonds. The third kappa shape index (κ3) is 2.34. The molecule has 0 bridgehead atoms. The van der Waals surface area contributed by atoms with Gasteiger partial charge in [-0.3, -0.25) is 0 Å². The van der Waals surface area contributed by atoms with E-state index >= 15 is 0 Å². The first-order valence-corrected chi connectivity index (χ1v) is 6.85. The maximum Gasteiger partial charge on any atom is 0.343 e. The third-order valence-electron chi connectivity index (χ3n) is 2.00. The van der Waals surface area contributed by atoms with E-state index in [4.69, 9.17) is 9.92 Å². The molecule has 0 saturated heterocycles. The number of aromatic hydroxyl groups is 1. The Morgan fingerprint density at radius 1 is 1.24 bits per heavy atom. The standard InChI is InChI=1S/C10H9NO4S2/c11-7-3-1-2-4-8(7)15-17(13,14)9-5-6-16-10(9)12/h1-6,12H,11H2. The van der Waals surface area contributed by atoms with Crippen molar-refractivity contribution in [1.82, 2.24) is 0 Å². The van der Waals surface area contributed by atoms with Gasteiger partial charge < -0.3 is 15.0 Å². The topological polar surface area (TPSA) is 89.6 Å². The van der Waals surface area contributed by atoms with Crippen molar-refractivity contribution >= 4 is 27.1 Å². The molecule has 0 fully saturated rings. The number of nitrogens with two attached hydrogens (primary N) is 1. The minimum Gasteiger partial charge on any atom is -0.498 e. The van der Waals surface area contributed by atoms with Crippen LogP contribution in [0.1, 0.15) is 0 Å². The molecule has 0 spiro atoms. The molecule has 90 valence electrons. The molecule has 2 rings (SSSR count). The van der Waals surface area contributed by atoms with Gasteiger partial charge in [0.05, 0.1) is 5.69 Å². The Morgan fingerprint density at radius 3 is 2.53 bits per heavy atom. The Kier molecular flexibility index (Phi) is 2.95. The smallest absolute Gasteiger partial charge is 0.343 e. The van der Waals surface area contributed by atoms with Crippen molar-refractivity contribution in [2.45, 2.75) is 4.90 Å². The fourth-order valence-electron chi connectivity index (χ4n) is 1.20. The fourth-order valence-corrected chi connectivity index (χ4v) is 3.18. The van der Waals surface area contributed by atoms with E-state index in [0.29, 0.717) is 0 Å². The van der Waals surface area contributed by atoms with Gasteiger partial charge in [-0.05, 0) is 23.6 Å². The number of benzene rings is 1. The molecule has 1 heterocycles. The summed E-state index contributed by atoms with van der Waals surface area (Å²) in [5.74, 6) is 0.0399. The van der Waals surface area contributed by atoms with Crippen molar-refractivity contribution < 1.29 is 17.7 Å². The summed E-state index contributed by atoms with van der Waals surface area (Å²) in [6.07, 6.45) is 0. The maximum atomic E-state index is 11.8. The number of rotatable bonds is 3. The van der Waals surface area contributed by atoms with E-state index in [1.54, 1.807) is 12.1 Å². The van der Waals surface area contributed by atoms with Crippen LogP contribution in [0.2, 0.25) is 0 Å². The largest absolute Gasteiger partial charge is 0.498 e. The molecule has 0 saturated carbocycles. The maximum absolute atomic E-state index is 11.8. The molecular formula is C10H9NO4S2. The summed E-state index contributed by atoms with van der Waals surface area (Å²) in [7, 11) is -4.04. The van der Waals surface area contributed by atoms with Crippen LogP contribution >= 0.6 is 11.3 Å². The van der Waals surface area contributed by atoms with Crippen LogP contribution < -0.4 is 9.92 Å². The van der Waals surface area contributed by atoms with Crippen molar-refractivity contribution in [3.63, 3.8) is 0 Å². The molecule has 0 atom stereocenters. The summed E-state index contributed by atoms with van der Waals surface area (Å²) in [6, 6.07) is 7.51. The molecule has 0 aliphatic carbocycles. The molecule has 1 aromatic heterocycles. The molecule has 0 radical (unpaired) electrons. The van der Waals surface area contributed by atoms with Gasteiger partial charge in [0.25, 0.3) is 0 Å². The SMILES string of the molecule is Nc1ccccc1OS(=O)(=O)c1ccsc1O. The molecule has 3 N–H and O–H groups in total. The summed E-state index contributed by atoms with van der Waals surface area (Å²) in [5.41, 5.74) is 5.78. The summed E-state index contributed by atoms with van der Waals surface area (Å²) in [6.45, 7) is 0. The zero-order chi connectivity index (χ0) is 12.5. The summed E-state index contributed by atoms with van der Waals surface area (Å²) in [5, 5.41) is 10.5. The predicted octanol–water partition coefficient (Wildman–Crippen LogP) is 1.80. The Bertz CT molecular complexity index is 633. The molecule has 17 heavy (non-hydrogen) atoms. The quantitative estimate of drug-likeness (QED) is 0.656. The molecule has 0 aliphatic heterocycles. The number of hydrogen-bond acceptors (Lipinski definition) is 6. The first kappa shape index (κ1) is 11.7. The summed E-state index contributed by atoms with van der Waals surface area (Å²) in [4.78, 5) is -0.259. The van der Waals surface area contributed by atoms with Gasteiger partial charge in [-0.1, -0.05) is 12.1 Å². The first-order valence-electron chi connectivity index (χ1n) is 4.56. The number of para-hydroxylation sites is 2. The molecular weight excluding hydrogens is 262 g/mol. The van der Waals surface area contributed by atoms with Crippen LogP contribution in [0.5, 0.6) is 10.8 Å². The van der Waals surface area contributed by atoms with Crippen molar-refractivity contribution in [1.29, 1.82) is 0 Å². The molecule has 5 nitrogen and oxygen atoms in total. The van der Waals surface area contributed by atoms with Crippen molar-refractivity contribution in [3.05, 3.63) is 35.7 Å². The monoisotopic (exact) mass is 271 g/mol. The second-order valence-corrected chi connectivity index (χ2v) is 5.57. The van der Waals surface area contributed by atoms with Gasteiger partial charge in [-0.25, -0.2) is 0 Å². The van der Waals surface area contributed by atoms with Crippen molar-refractivity contribution in [2.75, 3.05) is 5.73 Å². The fraction of sp³-hybridized carbons (Fsp3) is 0. The van der Waals surface area contributed by atoms with Gasteiger partial charge in [0.2, 0.25) is 0 Å². The minimum absolute atomic E-state index is 0.0399. The van der Waals surface area contributed by atoms with Gasteiger partial charge in [0, 0.05) is 0 Å². The molecule has 2 aromatic rings. The van der Waals surface area contributed by atoms with Crippen LogP contribution in [0.3, 0.4) is 0 Å². The van der Waals surface area contributed by atoms with Crippen LogP contribution in [0.25, 0.3) is 0 Å². The highest BCUT2D eigenvalue weighted by molar-refractivity contribution is 7.87. The van der Waals surface area contributed by atoms with E-state index in [0.717, 1.165) is 11.3 Å². The average molecular weight is 271 g/mol. The Labute approximate surface area is 102 Å². The lowest BCUT2D eigenvalue weighted by molar-refractivity contribution is 0.457. The molecule has 0 aliphatic rings. The van der Waals surface area contributed by atoms with E-state index in [1.807, 2.05) is 0 Å². The van der Waals surface area contributed by atoms with Crippen LogP contribution in [-0.4, -0.2) is 13.5 Å². The molecule has 1 aromatic carbocycles. The van der Waals surface area contributed by atoms with E-state index < -0.39 is 10.1 Å².